The van der Waals surface area contributed by atoms with Gasteiger partial charge in [-0.1, -0.05) is 60.3 Å². The van der Waals surface area contributed by atoms with E-state index in [2.05, 4.69) is 15.2 Å². The summed E-state index contributed by atoms with van der Waals surface area (Å²) in [7, 11) is 0. The molecule has 5 nitrogen and oxygen atoms in total. The molecule has 0 bridgehead atoms. The SMILES string of the molecule is O=c1[nH]c(SCCOc2ccccc2)nnc1-c1ccccc1. The van der Waals surface area contributed by atoms with Crippen molar-refractivity contribution in [2.75, 3.05) is 12.4 Å². The third-order valence-electron chi connectivity index (χ3n) is 3.06. The summed E-state index contributed by atoms with van der Waals surface area (Å²) in [4.78, 5) is 14.8. The summed E-state index contributed by atoms with van der Waals surface area (Å²) in [5.41, 5.74) is 0.846. The van der Waals surface area contributed by atoms with E-state index in [9.17, 15) is 4.79 Å². The van der Waals surface area contributed by atoms with Crippen molar-refractivity contribution in [3.8, 4) is 17.0 Å². The number of nitrogens with one attached hydrogen (secondary N) is 1. The van der Waals surface area contributed by atoms with Gasteiger partial charge in [0.15, 0.2) is 10.9 Å². The highest BCUT2D eigenvalue weighted by atomic mass is 32.2. The number of benzene rings is 2. The maximum atomic E-state index is 12.1. The average molecular weight is 325 g/mol. The molecule has 0 fully saturated rings. The molecule has 0 saturated carbocycles. The van der Waals surface area contributed by atoms with Gasteiger partial charge in [0.25, 0.3) is 5.56 Å². The quantitative estimate of drug-likeness (QED) is 0.557. The largest absolute Gasteiger partial charge is 0.493 e. The van der Waals surface area contributed by atoms with E-state index in [4.69, 9.17) is 4.74 Å². The van der Waals surface area contributed by atoms with Gasteiger partial charge in [-0.15, -0.1) is 10.2 Å². The molecule has 0 radical (unpaired) electrons. The Morgan fingerprint density at radius 2 is 1.65 bits per heavy atom. The summed E-state index contributed by atoms with van der Waals surface area (Å²) in [6, 6.07) is 18.9. The molecule has 3 aromatic rings. The normalized spacial score (nSPS) is 10.4. The molecule has 3 rings (SSSR count). The van der Waals surface area contributed by atoms with Crippen LogP contribution in [-0.2, 0) is 0 Å². The van der Waals surface area contributed by atoms with Crippen LogP contribution in [0, 0.1) is 0 Å². The summed E-state index contributed by atoms with van der Waals surface area (Å²) in [5.74, 6) is 1.50. The lowest BCUT2D eigenvalue weighted by molar-refractivity contribution is 0.344. The van der Waals surface area contributed by atoms with E-state index in [1.165, 1.54) is 11.8 Å². The van der Waals surface area contributed by atoms with Crippen molar-refractivity contribution in [2.45, 2.75) is 5.16 Å². The van der Waals surface area contributed by atoms with Crippen molar-refractivity contribution in [3.05, 3.63) is 71.0 Å². The third kappa shape index (κ3) is 4.20. The Bertz CT molecular complexity index is 807. The highest BCUT2D eigenvalue weighted by molar-refractivity contribution is 7.99. The molecule has 0 spiro atoms. The van der Waals surface area contributed by atoms with E-state index in [1.807, 2.05) is 60.7 Å². The Balaban J connectivity index is 1.57. The van der Waals surface area contributed by atoms with Crippen LogP contribution in [0.2, 0.25) is 0 Å². The molecule has 1 aromatic heterocycles. The van der Waals surface area contributed by atoms with Crippen molar-refractivity contribution in [1.29, 1.82) is 0 Å². The molecule has 6 heteroatoms. The molecule has 0 saturated heterocycles. The van der Waals surface area contributed by atoms with Gasteiger partial charge in [0.1, 0.15) is 5.75 Å². The number of aromatic amines is 1. The molecular weight excluding hydrogens is 310 g/mol. The number of H-pyrrole nitrogens is 1. The molecule has 0 aliphatic heterocycles. The first-order chi connectivity index (χ1) is 11.3. The van der Waals surface area contributed by atoms with Crippen LogP contribution in [0.4, 0.5) is 0 Å². The van der Waals surface area contributed by atoms with E-state index in [-0.39, 0.29) is 5.56 Å². The fourth-order valence-corrected chi connectivity index (χ4v) is 2.61. The zero-order chi connectivity index (χ0) is 15.9. The van der Waals surface area contributed by atoms with Crippen LogP contribution in [0.15, 0.2) is 70.6 Å². The van der Waals surface area contributed by atoms with Gasteiger partial charge in [-0.2, -0.15) is 0 Å². The lowest BCUT2D eigenvalue weighted by Crippen LogP contribution is -2.14. The number of aromatic nitrogens is 3. The topological polar surface area (TPSA) is 67.9 Å². The van der Waals surface area contributed by atoms with Crippen LogP contribution >= 0.6 is 11.8 Å². The average Bonchev–Trinajstić information content (AvgIpc) is 2.60. The fraction of sp³-hybridized carbons (Fsp3) is 0.118. The first-order valence-electron chi connectivity index (χ1n) is 7.16. The summed E-state index contributed by atoms with van der Waals surface area (Å²) < 4.78 is 5.59. The van der Waals surface area contributed by atoms with Gasteiger partial charge >= 0.3 is 0 Å². The Kier molecular flexibility index (Phi) is 5.06. The molecule has 1 heterocycles. The lowest BCUT2D eigenvalue weighted by atomic mass is 10.2. The minimum Gasteiger partial charge on any atom is -0.493 e. The molecule has 0 atom stereocenters. The molecule has 23 heavy (non-hydrogen) atoms. The number of ether oxygens (including phenoxy) is 1. The highest BCUT2D eigenvalue weighted by Crippen LogP contribution is 2.15. The number of para-hydroxylation sites is 1. The summed E-state index contributed by atoms with van der Waals surface area (Å²) in [6.45, 7) is 0.527. The minimum absolute atomic E-state index is 0.238. The number of rotatable bonds is 6. The molecule has 0 unspecified atom stereocenters. The molecule has 0 aliphatic carbocycles. The van der Waals surface area contributed by atoms with Crippen LogP contribution in [0.3, 0.4) is 0 Å². The maximum Gasteiger partial charge on any atom is 0.278 e. The number of hydrogen-bond donors (Lipinski definition) is 1. The van der Waals surface area contributed by atoms with Crippen molar-refractivity contribution < 1.29 is 4.74 Å². The lowest BCUT2D eigenvalue weighted by Gasteiger charge is -2.05. The van der Waals surface area contributed by atoms with Gasteiger partial charge in [-0.05, 0) is 12.1 Å². The summed E-state index contributed by atoms with van der Waals surface area (Å²) in [6.07, 6.45) is 0. The van der Waals surface area contributed by atoms with Crippen LogP contribution in [0.5, 0.6) is 5.75 Å². The first kappa shape index (κ1) is 15.3. The Hall–Kier alpha value is -2.60. The van der Waals surface area contributed by atoms with E-state index in [1.54, 1.807) is 0 Å². The Morgan fingerprint density at radius 3 is 2.35 bits per heavy atom. The molecule has 0 aliphatic rings. The van der Waals surface area contributed by atoms with Crippen molar-refractivity contribution in [2.24, 2.45) is 0 Å². The monoisotopic (exact) mass is 325 g/mol. The third-order valence-corrected chi connectivity index (χ3v) is 3.89. The van der Waals surface area contributed by atoms with Crippen LogP contribution in [-0.4, -0.2) is 27.5 Å². The zero-order valence-corrected chi connectivity index (χ0v) is 13.1. The van der Waals surface area contributed by atoms with E-state index < -0.39 is 0 Å². The van der Waals surface area contributed by atoms with Gasteiger partial charge < -0.3 is 4.74 Å². The van der Waals surface area contributed by atoms with Crippen LogP contribution < -0.4 is 10.3 Å². The second-order valence-corrected chi connectivity index (χ2v) is 5.77. The van der Waals surface area contributed by atoms with Crippen LogP contribution in [0.1, 0.15) is 0 Å². The van der Waals surface area contributed by atoms with Gasteiger partial charge in [0.05, 0.1) is 6.61 Å². The van der Waals surface area contributed by atoms with Gasteiger partial charge in [-0.25, -0.2) is 0 Å². The van der Waals surface area contributed by atoms with Crippen molar-refractivity contribution in [1.82, 2.24) is 15.2 Å². The molecule has 116 valence electrons. The molecule has 2 aromatic carbocycles. The smallest absolute Gasteiger partial charge is 0.278 e. The Labute approximate surface area is 137 Å². The van der Waals surface area contributed by atoms with E-state index in [0.717, 1.165) is 11.3 Å². The predicted molar refractivity (Wildman–Crippen MR) is 90.7 cm³/mol. The number of hydrogen-bond acceptors (Lipinski definition) is 5. The zero-order valence-electron chi connectivity index (χ0n) is 12.3. The second-order valence-electron chi connectivity index (χ2n) is 4.68. The number of thioether (sulfide) groups is 1. The summed E-state index contributed by atoms with van der Waals surface area (Å²) >= 11 is 1.40. The van der Waals surface area contributed by atoms with E-state index in [0.29, 0.717) is 23.2 Å². The Morgan fingerprint density at radius 1 is 0.957 bits per heavy atom. The fourth-order valence-electron chi connectivity index (χ4n) is 1.99. The second kappa shape index (κ2) is 7.60. The molecule has 0 amide bonds. The predicted octanol–water partition coefficient (Wildman–Crippen LogP) is 3.00. The minimum atomic E-state index is -0.238. The standard InChI is InChI=1S/C17H15N3O2S/c21-16-15(13-7-3-1-4-8-13)19-20-17(18-16)23-12-11-22-14-9-5-2-6-10-14/h1-10H,11-12H2,(H,18,20,21). The number of nitrogens with zero attached hydrogens (tertiary/aromatic N) is 2. The molecular formula is C17H15N3O2S. The van der Waals surface area contributed by atoms with Crippen molar-refractivity contribution in [3.63, 3.8) is 0 Å². The first-order valence-corrected chi connectivity index (χ1v) is 8.14. The van der Waals surface area contributed by atoms with E-state index >= 15 is 0 Å². The van der Waals surface area contributed by atoms with Crippen LogP contribution in [0.25, 0.3) is 11.3 Å². The summed E-state index contributed by atoms with van der Waals surface area (Å²) in [5, 5.41) is 8.58. The van der Waals surface area contributed by atoms with Gasteiger partial charge in [0, 0.05) is 11.3 Å². The van der Waals surface area contributed by atoms with Gasteiger partial charge in [0.2, 0.25) is 0 Å². The van der Waals surface area contributed by atoms with Gasteiger partial charge in [-0.3, -0.25) is 9.78 Å². The van der Waals surface area contributed by atoms with Crippen molar-refractivity contribution >= 4 is 11.8 Å². The molecule has 1 N–H and O–H groups in total. The maximum absolute atomic E-state index is 12.1. The highest BCUT2D eigenvalue weighted by Gasteiger charge is 2.07.